The van der Waals surface area contributed by atoms with Crippen molar-refractivity contribution in [2.75, 3.05) is 6.61 Å². The van der Waals surface area contributed by atoms with Crippen molar-refractivity contribution in [1.82, 2.24) is 20.2 Å². The van der Waals surface area contributed by atoms with Crippen LogP contribution in [0.25, 0.3) is 5.69 Å². The molecule has 0 aliphatic carbocycles. The highest BCUT2D eigenvalue weighted by molar-refractivity contribution is 5.98. The SMILES string of the molecule is O=C1COC(c2ccc(-n3cnc(C(F)F)n3)c(C(F)(F)F)c2)=NN1. The van der Waals surface area contributed by atoms with E-state index < -0.39 is 35.6 Å². The molecule has 1 aliphatic heterocycles. The number of rotatable bonds is 3. The van der Waals surface area contributed by atoms with Crippen LogP contribution in [-0.4, -0.2) is 33.2 Å². The average Bonchev–Trinajstić information content (AvgIpc) is 3.04. The maximum absolute atomic E-state index is 13.3. The molecule has 3 rings (SSSR count). The van der Waals surface area contributed by atoms with Crippen LogP contribution in [0.5, 0.6) is 0 Å². The second-order valence-electron chi connectivity index (χ2n) is 4.82. The summed E-state index contributed by atoms with van der Waals surface area (Å²) in [5.41, 5.74) is 0.389. The fourth-order valence-corrected chi connectivity index (χ4v) is 2.05. The van der Waals surface area contributed by atoms with Crippen molar-refractivity contribution in [2.45, 2.75) is 12.6 Å². The molecule has 1 aromatic heterocycles. The molecule has 132 valence electrons. The van der Waals surface area contributed by atoms with Gasteiger partial charge in [-0.15, -0.1) is 10.2 Å². The lowest BCUT2D eigenvalue weighted by molar-refractivity contribution is -0.137. The van der Waals surface area contributed by atoms with Crippen molar-refractivity contribution >= 4 is 11.8 Å². The lowest BCUT2D eigenvalue weighted by Gasteiger charge is -2.17. The van der Waals surface area contributed by atoms with E-state index in [1.807, 2.05) is 0 Å². The molecule has 0 unspecified atom stereocenters. The van der Waals surface area contributed by atoms with Gasteiger partial charge in [0, 0.05) is 5.56 Å². The minimum absolute atomic E-state index is 0.0507. The van der Waals surface area contributed by atoms with Gasteiger partial charge in [-0.05, 0) is 18.2 Å². The van der Waals surface area contributed by atoms with E-state index in [0.29, 0.717) is 4.68 Å². The Morgan fingerprint density at radius 1 is 1.28 bits per heavy atom. The molecule has 0 atom stereocenters. The lowest BCUT2D eigenvalue weighted by atomic mass is 10.1. The van der Waals surface area contributed by atoms with E-state index in [1.165, 1.54) is 6.07 Å². The number of hydrogen-bond donors (Lipinski definition) is 1. The van der Waals surface area contributed by atoms with Gasteiger partial charge in [-0.1, -0.05) is 0 Å². The molecular formula is C13H8F5N5O2. The summed E-state index contributed by atoms with van der Waals surface area (Å²) in [6.07, 6.45) is -7.05. The number of alkyl halides is 5. The van der Waals surface area contributed by atoms with Crippen molar-refractivity contribution in [3.05, 3.63) is 41.5 Å². The largest absolute Gasteiger partial charge is 0.466 e. The van der Waals surface area contributed by atoms with Gasteiger partial charge in [-0.25, -0.2) is 23.9 Å². The molecule has 1 aromatic carbocycles. The van der Waals surface area contributed by atoms with E-state index in [4.69, 9.17) is 4.74 Å². The molecule has 0 fully saturated rings. The maximum atomic E-state index is 13.3. The number of carbonyl (C=O) groups is 1. The molecule has 1 aliphatic rings. The zero-order valence-electron chi connectivity index (χ0n) is 12.1. The number of nitrogens with one attached hydrogen (secondary N) is 1. The van der Waals surface area contributed by atoms with Gasteiger partial charge in [-0.2, -0.15) is 13.2 Å². The van der Waals surface area contributed by atoms with Gasteiger partial charge in [0.25, 0.3) is 12.3 Å². The molecule has 0 saturated carbocycles. The third-order valence-corrected chi connectivity index (χ3v) is 3.12. The molecule has 0 saturated heterocycles. The van der Waals surface area contributed by atoms with Crippen molar-refractivity contribution < 1.29 is 31.5 Å². The zero-order valence-corrected chi connectivity index (χ0v) is 12.1. The van der Waals surface area contributed by atoms with Crippen LogP contribution in [0.2, 0.25) is 0 Å². The smallest absolute Gasteiger partial charge is 0.418 e. The Hall–Kier alpha value is -3.05. The van der Waals surface area contributed by atoms with Crippen LogP contribution < -0.4 is 5.43 Å². The van der Waals surface area contributed by atoms with Gasteiger partial charge in [0.1, 0.15) is 6.33 Å². The number of hydrogen-bond acceptors (Lipinski definition) is 5. The van der Waals surface area contributed by atoms with E-state index in [-0.39, 0.29) is 18.1 Å². The van der Waals surface area contributed by atoms with Crippen LogP contribution in [-0.2, 0) is 15.7 Å². The average molecular weight is 361 g/mol. The number of nitrogens with zero attached hydrogens (tertiary/aromatic N) is 4. The summed E-state index contributed by atoms with van der Waals surface area (Å²) in [7, 11) is 0. The summed E-state index contributed by atoms with van der Waals surface area (Å²) in [5, 5.41) is 6.87. The van der Waals surface area contributed by atoms with Crippen LogP contribution >= 0.6 is 0 Å². The number of amides is 1. The predicted molar refractivity (Wildman–Crippen MR) is 71.9 cm³/mol. The summed E-state index contributed by atoms with van der Waals surface area (Å²) in [5.74, 6) is -1.64. The van der Waals surface area contributed by atoms with Crippen LogP contribution in [0, 0.1) is 0 Å². The number of halogens is 5. The van der Waals surface area contributed by atoms with Crippen LogP contribution in [0.15, 0.2) is 29.6 Å². The van der Waals surface area contributed by atoms with Gasteiger partial charge >= 0.3 is 6.18 Å². The van der Waals surface area contributed by atoms with Crippen molar-refractivity contribution in [3.63, 3.8) is 0 Å². The highest BCUT2D eigenvalue weighted by atomic mass is 19.4. The van der Waals surface area contributed by atoms with E-state index in [2.05, 4.69) is 20.6 Å². The molecule has 2 heterocycles. The number of hydrazone groups is 1. The monoisotopic (exact) mass is 361 g/mol. The lowest BCUT2D eigenvalue weighted by Crippen LogP contribution is -2.32. The van der Waals surface area contributed by atoms with E-state index in [0.717, 1.165) is 18.5 Å². The molecule has 1 amide bonds. The topological polar surface area (TPSA) is 81.4 Å². The first-order valence-corrected chi connectivity index (χ1v) is 6.67. The third-order valence-electron chi connectivity index (χ3n) is 3.12. The summed E-state index contributed by atoms with van der Waals surface area (Å²) >= 11 is 0. The molecule has 7 nitrogen and oxygen atoms in total. The van der Waals surface area contributed by atoms with Gasteiger partial charge < -0.3 is 4.74 Å². The fourth-order valence-electron chi connectivity index (χ4n) is 2.05. The number of aromatic nitrogens is 3. The highest BCUT2D eigenvalue weighted by Crippen LogP contribution is 2.34. The van der Waals surface area contributed by atoms with Gasteiger partial charge in [-0.3, -0.25) is 4.79 Å². The van der Waals surface area contributed by atoms with Crippen molar-refractivity contribution in [1.29, 1.82) is 0 Å². The van der Waals surface area contributed by atoms with E-state index in [9.17, 15) is 26.7 Å². The number of carbonyl (C=O) groups excluding carboxylic acids is 1. The van der Waals surface area contributed by atoms with Gasteiger partial charge in [0.15, 0.2) is 6.61 Å². The molecule has 0 radical (unpaired) electrons. The number of ether oxygens (including phenoxy) is 1. The predicted octanol–water partition coefficient (Wildman–Crippen LogP) is 2.03. The molecule has 1 N–H and O–H groups in total. The second-order valence-corrected chi connectivity index (χ2v) is 4.82. The fraction of sp³-hybridized carbons (Fsp3) is 0.231. The normalized spacial score (nSPS) is 15.0. The highest BCUT2D eigenvalue weighted by Gasteiger charge is 2.35. The van der Waals surface area contributed by atoms with E-state index >= 15 is 0 Å². The minimum Gasteiger partial charge on any atom is -0.466 e. The summed E-state index contributed by atoms with van der Waals surface area (Å²) < 4.78 is 70.7. The maximum Gasteiger partial charge on any atom is 0.418 e. The quantitative estimate of drug-likeness (QED) is 0.849. The standard InChI is InChI=1S/C13H8F5N5O2/c14-10(15)11-19-5-23(22-11)8-2-1-6(3-7(8)13(16,17)18)12-21-20-9(24)4-25-12/h1-3,5,10H,4H2,(H,20,24). The Bertz CT molecular complexity index is 846. The molecule has 12 heteroatoms. The summed E-state index contributed by atoms with van der Waals surface area (Å²) in [6.45, 7) is -0.386. The first-order chi connectivity index (χ1) is 11.8. The molecular weight excluding hydrogens is 353 g/mol. The Morgan fingerprint density at radius 2 is 2.04 bits per heavy atom. The van der Waals surface area contributed by atoms with Crippen LogP contribution in [0.3, 0.4) is 0 Å². The Labute approximate surface area is 136 Å². The first kappa shape index (κ1) is 16.8. The first-order valence-electron chi connectivity index (χ1n) is 6.67. The number of benzene rings is 1. The minimum atomic E-state index is -4.80. The molecule has 25 heavy (non-hydrogen) atoms. The van der Waals surface area contributed by atoms with E-state index in [1.54, 1.807) is 0 Å². The Morgan fingerprint density at radius 3 is 2.60 bits per heavy atom. The summed E-state index contributed by atoms with van der Waals surface area (Å²) in [6, 6.07) is 2.96. The van der Waals surface area contributed by atoms with Gasteiger partial charge in [0.05, 0.1) is 11.3 Å². The zero-order chi connectivity index (χ0) is 18.2. The third kappa shape index (κ3) is 3.41. The van der Waals surface area contributed by atoms with Gasteiger partial charge in [0.2, 0.25) is 11.7 Å². The van der Waals surface area contributed by atoms with Crippen LogP contribution in [0.4, 0.5) is 22.0 Å². The van der Waals surface area contributed by atoms with Crippen molar-refractivity contribution in [3.8, 4) is 5.69 Å². The summed E-state index contributed by atoms with van der Waals surface area (Å²) in [4.78, 5) is 14.2. The Balaban J connectivity index is 2.05. The second kappa shape index (κ2) is 6.11. The van der Waals surface area contributed by atoms with Crippen molar-refractivity contribution in [2.24, 2.45) is 5.10 Å². The molecule has 0 bridgehead atoms. The van der Waals surface area contributed by atoms with Crippen LogP contribution in [0.1, 0.15) is 23.4 Å². The molecule has 0 spiro atoms. The molecule has 2 aromatic rings. The Kier molecular flexibility index (Phi) is 4.10.